The van der Waals surface area contributed by atoms with Crippen LogP contribution in [0.15, 0.2) is 59.6 Å². The van der Waals surface area contributed by atoms with Crippen molar-refractivity contribution in [1.29, 1.82) is 0 Å². The Kier molecular flexibility index (Phi) is 4.76. The zero-order valence-electron chi connectivity index (χ0n) is 13.9. The van der Waals surface area contributed by atoms with Gasteiger partial charge in [0.15, 0.2) is 10.9 Å². The molecule has 0 amide bonds. The van der Waals surface area contributed by atoms with Crippen LogP contribution in [-0.2, 0) is 12.1 Å². The lowest BCUT2D eigenvalue weighted by atomic mass is 9.93. The maximum Gasteiger partial charge on any atom is 0.178 e. The first-order valence-electron chi connectivity index (χ1n) is 8.69. The molecule has 2 aliphatic rings. The van der Waals surface area contributed by atoms with Gasteiger partial charge >= 0.3 is 0 Å². The lowest BCUT2D eigenvalue weighted by Crippen LogP contribution is -2.50. The summed E-state index contributed by atoms with van der Waals surface area (Å²) >= 11 is 7.92. The van der Waals surface area contributed by atoms with Crippen LogP contribution in [0.4, 0.5) is 0 Å². The van der Waals surface area contributed by atoms with E-state index in [1.165, 1.54) is 5.56 Å². The minimum Gasteiger partial charge on any atom is -0.366 e. The van der Waals surface area contributed by atoms with Crippen molar-refractivity contribution in [2.45, 2.75) is 30.2 Å². The van der Waals surface area contributed by atoms with Crippen molar-refractivity contribution in [1.82, 2.24) is 4.90 Å². The number of aryl methyl sites for hydroxylation is 1. The lowest BCUT2D eigenvalue weighted by Gasteiger charge is -2.39. The van der Waals surface area contributed by atoms with Gasteiger partial charge < -0.3 is 10.0 Å². The number of aliphatic hydroxyl groups is 1. The van der Waals surface area contributed by atoms with Crippen LogP contribution in [0.3, 0.4) is 0 Å². The summed E-state index contributed by atoms with van der Waals surface area (Å²) in [5.41, 5.74) is 1.10. The largest absolute Gasteiger partial charge is 0.366 e. The number of thioether (sulfide) groups is 1. The maximum absolute atomic E-state index is 11.8. The van der Waals surface area contributed by atoms with E-state index in [4.69, 9.17) is 11.6 Å². The molecule has 2 heterocycles. The lowest BCUT2D eigenvalue weighted by molar-refractivity contribution is -0.0734. The molecule has 0 spiro atoms. The summed E-state index contributed by atoms with van der Waals surface area (Å²) in [5.74, 6) is 0. The Morgan fingerprint density at radius 2 is 2.04 bits per heavy atom. The number of rotatable bonds is 4. The molecule has 2 atom stereocenters. The van der Waals surface area contributed by atoms with Crippen molar-refractivity contribution in [2.24, 2.45) is 4.99 Å². The van der Waals surface area contributed by atoms with Crippen LogP contribution < -0.4 is 0 Å². The summed E-state index contributed by atoms with van der Waals surface area (Å²) in [6, 6.07) is 18.1. The van der Waals surface area contributed by atoms with E-state index in [0.29, 0.717) is 5.02 Å². The first kappa shape index (κ1) is 17.0. The molecule has 1 fully saturated rings. The molecule has 0 aromatic heterocycles. The predicted octanol–water partition coefficient (Wildman–Crippen LogP) is 4.30. The van der Waals surface area contributed by atoms with Gasteiger partial charge in [0.05, 0.1) is 5.25 Å². The number of aliphatic imine (C=N–C) groups is 1. The SMILES string of the molecule is OC1(c2cccc(Cl)c2)C(CCc2ccccc2)SC2=NCCCN21. The van der Waals surface area contributed by atoms with Crippen LogP contribution in [-0.4, -0.2) is 33.5 Å². The number of halogens is 1. The molecule has 25 heavy (non-hydrogen) atoms. The molecule has 0 saturated carbocycles. The number of nitrogens with zero attached hydrogens (tertiary/aromatic N) is 2. The molecule has 1 N–H and O–H groups in total. The number of amidine groups is 1. The van der Waals surface area contributed by atoms with E-state index in [2.05, 4.69) is 34.2 Å². The molecule has 2 unspecified atom stereocenters. The molecule has 2 aromatic carbocycles. The molecule has 5 heteroatoms. The second-order valence-electron chi connectivity index (χ2n) is 6.54. The van der Waals surface area contributed by atoms with Gasteiger partial charge in [-0.05, 0) is 37.0 Å². The number of hydrogen-bond acceptors (Lipinski definition) is 4. The average Bonchev–Trinajstić information content (AvgIpc) is 2.94. The fourth-order valence-corrected chi connectivity index (χ4v) is 5.28. The Morgan fingerprint density at radius 3 is 2.84 bits per heavy atom. The topological polar surface area (TPSA) is 35.8 Å². The van der Waals surface area contributed by atoms with E-state index >= 15 is 0 Å². The highest BCUT2D eigenvalue weighted by atomic mass is 35.5. The third-order valence-electron chi connectivity index (χ3n) is 4.91. The maximum atomic E-state index is 11.8. The van der Waals surface area contributed by atoms with Gasteiger partial charge in [0.25, 0.3) is 0 Å². The van der Waals surface area contributed by atoms with E-state index in [9.17, 15) is 5.11 Å². The smallest absolute Gasteiger partial charge is 0.178 e. The summed E-state index contributed by atoms with van der Waals surface area (Å²) in [6.45, 7) is 1.67. The van der Waals surface area contributed by atoms with Gasteiger partial charge in [0, 0.05) is 23.7 Å². The summed E-state index contributed by atoms with van der Waals surface area (Å²) in [5, 5.41) is 13.4. The summed E-state index contributed by atoms with van der Waals surface area (Å²) in [7, 11) is 0. The van der Waals surface area contributed by atoms with Crippen molar-refractivity contribution in [3.63, 3.8) is 0 Å². The summed E-state index contributed by atoms with van der Waals surface area (Å²) in [4.78, 5) is 6.72. The van der Waals surface area contributed by atoms with E-state index in [1.807, 2.05) is 30.3 Å². The molecule has 0 aliphatic carbocycles. The minimum absolute atomic E-state index is 0.0306. The third-order valence-corrected chi connectivity index (χ3v) is 6.56. The van der Waals surface area contributed by atoms with Crippen molar-refractivity contribution in [2.75, 3.05) is 13.1 Å². The zero-order valence-corrected chi connectivity index (χ0v) is 15.5. The number of fused-ring (bicyclic) bond motifs is 1. The fourth-order valence-electron chi connectivity index (χ4n) is 3.65. The minimum atomic E-state index is -1.05. The quantitative estimate of drug-likeness (QED) is 0.869. The Morgan fingerprint density at radius 1 is 1.20 bits per heavy atom. The van der Waals surface area contributed by atoms with Gasteiger partial charge in [-0.3, -0.25) is 4.99 Å². The highest BCUT2D eigenvalue weighted by molar-refractivity contribution is 8.14. The normalized spacial score (nSPS) is 25.6. The first-order chi connectivity index (χ1) is 12.2. The van der Waals surface area contributed by atoms with E-state index in [1.54, 1.807) is 11.8 Å². The van der Waals surface area contributed by atoms with Gasteiger partial charge in [-0.2, -0.15) is 0 Å². The number of hydrogen-bond donors (Lipinski definition) is 1. The Bertz CT molecular complexity index is 782. The molecule has 2 aliphatic heterocycles. The van der Waals surface area contributed by atoms with Gasteiger partial charge in [-0.25, -0.2) is 0 Å². The van der Waals surface area contributed by atoms with E-state index in [-0.39, 0.29) is 5.25 Å². The molecule has 0 radical (unpaired) electrons. The standard InChI is InChI=1S/C20H21ClN2OS/c21-17-9-4-8-16(14-17)20(24)18(11-10-15-6-2-1-3-7-15)25-19-22-12-5-13-23(19)20/h1-4,6-9,14,18,24H,5,10-13H2. The van der Waals surface area contributed by atoms with Crippen LogP contribution >= 0.6 is 23.4 Å². The predicted molar refractivity (Wildman–Crippen MR) is 105 cm³/mol. The van der Waals surface area contributed by atoms with E-state index < -0.39 is 5.72 Å². The number of benzene rings is 2. The zero-order chi connectivity index (χ0) is 17.3. The van der Waals surface area contributed by atoms with Crippen LogP contribution in [0, 0.1) is 0 Å². The molecule has 2 aromatic rings. The van der Waals surface area contributed by atoms with Gasteiger partial charge in [-0.1, -0.05) is 65.8 Å². The highest BCUT2D eigenvalue weighted by Gasteiger charge is 2.52. The first-order valence-corrected chi connectivity index (χ1v) is 9.95. The van der Waals surface area contributed by atoms with Crippen molar-refractivity contribution < 1.29 is 5.11 Å². The van der Waals surface area contributed by atoms with Crippen LogP contribution in [0.1, 0.15) is 24.0 Å². The van der Waals surface area contributed by atoms with E-state index in [0.717, 1.165) is 43.1 Å². The monoisotopic (exact) mass is 372 g/mol. The second kappa shape index (κ2) is 7.02. The molecule has 0 bridgehead atoms. The van der Waals surface area contributed by atoms with Crippen LogP contribution in [0.2, 0.25) is 5.02 Å². The summed E-state index contributed by atoms with van der Waals surface area (Å²) < 4.78 is 0. The molecular weight excluding hydrogens is 352 g/mol. The molecule has 1 saturated heterocycles. The third kappa shape index (κ3) is 3.19. The fraction of sp³-hybridized carbons (Fsp3) is 0.350. The highest BCUT2D eigenvalue weighted by Crippen LogP contribution is 2.48. The van der Waals surface area contributed by atoms with Crippen LogP contribution in [0.5, 0.6) is 0 Å². The molecule has 130 valence electrons. The van der Waals surface area contributed by atoms with Crippen molar-refractivity contribution in [3.05, 3.63) is 70.7 Å². The van der Waals surface area contributed by atoms with Crippen LogP contribution in [0.25, 0.3) is 0 Å². The Balaban J connectivity index is 1.66. The van der Waals surface area contributed by atoms with Crippen molar-refractivity contribution >= 4 is 28.5 Å². The molecule has 3 nitrogen and oxygen atoms in total. The van der Waals surface area contributed by atoms with Gasteiger partial charge in [0.2, 0.25) is 0 Å². The Labute approximate surface area is 157 Å². The van der Waals surface area contributed by atoms with Gasteiger partial charge in [0.1, 0.15) is 0 Å². The van der Waals surface area contributed by atoms with Gasteiger partial charge in [-0.15, -0.1) is 0 Å². The average molecular weight is 373 g/mol. The summed E-state index contributed by atoms with van der Waals surface area (Å²) in [6.07, 6.45) is 2.79. The second-order valence-corrected chi connectivity index (χ2v) is 8.14. The molecular formula is C20H21ClN2OS. The Hall–Kier alpha value is -1.49. The molecule has 4 rings (SSSR count). The van der Waals surface area contributed by atoms with Crippen molar-refractivity contribution in [3.8, 4) is 0 Å².